The van der Waals surface area contributed by atoms with Gasteiger partial charge in [-0.15, -0.1) is 10.2 Å². The number of nitrogens with one attached hydrogen (secondary N) is 1. The van der Waals surface area contributed by atoms with Crippen LogP contribution in [0.1, 0.15) is 28.8 Å². The molecule has 1 N–H and O–H groups in total. The Hall–Kier alpha value is -2.06. The van der Waals surface area contributed by atoms with E-state index >= 15 is 0 Å². The maximum atomic E-state index is 12.7. The van der Waals surface area contributed by atoms with E-state index in [2.05, 4.69) is 36.2 Å². The molecule has 0 spiro atoms. The minimum absolute atomic E-state index is 0.137. The molecular formula is C16H16BrN5OS. The Morgan fingerprint density at radius 1 is 1.38 bits per heavy atom. The Bertz CT molecular complexity index is 969. The summed E-state index contributed by atoms with van der Waals surface area (Å²) in [4.78, 5) is 17.0. The largest absolute Gasteiger partial charge is 0.295 e. The molecule has 0 atom stereocenters. The van der Waals surface area contributed by atoms with E-state index in [4.69, 9.17) is 0 Å². The van der Waals surface area contributed by atoms with Gasteiger partial charge in [0.2, 0.25) is 5.13 Å². The van der Waals surface area contributed by atoms with Crippen LogP contribution in [0.15, 0.2) is 32.5 Å². The van der Waals surface area contributed by atoms with Crippen LogP contribution < -0.4 is 5.56 Å². The summed E-state index contributed by atoms with van der Waals surface area (Å²) < 4.78 is 2.51. The molecule has 2 aromatic heterocycles. The van der Waals surface area contributed by atoms with Crippen LogP contribution >= 0.6 is 27.3 Å². The van der Waals surface area contributed by atoms with Gasteiger partial charge < -0.3 is 0 Å². The van der Waals surface area contributed by atoms with E-state index in [1.807, 2.05) is 39.0 Å². The summed E-state index contributed by atoms with van der Waals surface area (Å²) in [5, 5.41) is 12.6. The van der Waals surface area contributed by atoms with Crippen molar-refractivity contribution in [2.45, 2.75) is 27.2 Å². The van der Waals surface area contributed by atoms with Gasteiger partial charge in [0.25, 0.3) is 5.56 Å². The van der Waals surface area contributed by atoms with E-state index in [9.17, 15) is 4.79 Å². The zero-order chi connectivity index (χ0) is 17.3. The van der Waals surface area contributed by atoms with Crippen LogP contribution in [0.4, 0.5) is 5.13 Å². The van der Waals surface area contributed by atoms with Crippen LogP contribution in [0.3, 0.4) is 0 Å². The smallest absolute Gasteiger partial charge is 0.280 e. The van der Waals surface area contributed by atoms with E-state index in [-0.39, 0.29) is 5.56 Å². The topological polar surface area (TPSA) is 75.9 Å². The Labute approximate surface area is 151 Å². The van der Waals surface area contributed by atoms with Crippen LogP contribution in [0.25, 0.3) is 5.69 Å². The molecule has 0 bridgehead atoms. The summed E-state index contributed by atoms with van der Waals surface area (Å²) in [6.07, 6.45) is 2.38. The van der Waals surface area contributed by atoms with Gasteiger partial charge in [-0.2, -0.15) is 0 Å². The lowest BCUT2D eigenvalue weighted by Gasteiger charge is -2.06. The highest BCUT2D eigenvalue weighted by Crippen LogP contribution is 2.20. The summed E-state index contributed by atoms with van der Waals surface area (Å²) in [5.74, 6) is 0. The third kappa shape index (κ3) is 3.25. The van der Waals surface area contributed by atoms with Crippen molar-refractivity contribution < 1.29 is 0 Å². The summed E-state index contributed by atoms with van der Waals surface area (Å²) >= 11 is 4.86. The lowest BCUT2D eigenvalue weighted by molar-refractivity contribution is 0.828. The molecule has 0 saturated heterocycles. The highest BCUT2D eigenvalue weighted by atomic mass is 79.9. The predicted octanol–water partition coefficient (Wildman–Crippen LogP) is 3.71. The highest BCUT2D eigenvalue weighted by Gasteiger charge is 2.12. The van der Waals surface area contributed by atoms with Crippen molar-refractivity contribution in [3.63, 3.8) is 0 Å². The van der Waals surface area contributed by atoms with Crippen LogP contribution in [0.5, 0.6) is 0 Å². The third-order valence-corrected chi connectivity index (χ3v) is 5.05. The summed E-state index contributed by atoms with van der Waals surface area (Å²) in [6.45, 7) is 5.83. The summed E-state index contributed by atoms with van der Waals surface area (Å²) in [6, 6.07) is 5.78. The first-order chi connectivity index (χ1) is 11.5. The Kier molecular flexibility index (Phi) is 4.77. The predicted molar refractivity (Wildman–Crippen MR) is 100 cm³/mol. The molecule has 6 nitrogen and oxygen atoms in total. The normalized spacial score (nSPS) is 11.5. The molecular weight excluding hydrogens is 390 g/mol. The molecule has 3 rings (SSSR count). The van der Waals surface area contributed by atoms with Crippen molar-refractivity contribution in [1.82, 2.24) is 20.0 Å². The molecule has 0 fully saturated rings. The van der Waals surface area contributed by atoms with Gasteiger partial charge in [-0.1, -0.05) is 34.2 Å². The number of rotatable bonds is 4. The van der Waals surface area contributed by atoms with Crippen molar-refractivity contribution in [1.29, 1.82) is 0 Å². The molecule has 0 amide bonds. The minimum atomic E-state index is -0.137. The monoisotopic (exact) mass is 405 g/mol. The van der Waals surface area contributed by atoms with E-state index in [1.165, 1.54) is 16.0 Å². The first-order valence-electron chi connectivity index (χ1n) is 7.44. The maximum absolute atomic E-state index is 12.7. The second kappa shape index (κ2) is 6.82. The van der Waals surface area contributed by atoms with Gasteiger partial charge in [0.1, 0.15) is 5.01 Å². The SMILES string of the molecule is CCc1nnc(N=Cc2c(C)[nH]n(-c3ccc(Br)cc3C)c2=O)s1. The molecule has 1 aromatic carbocycles. The number of halogens is 1. The minimum Gasteiger partial charge on any atom is -0.295 e. The number of aromatic amines is 1. The molecule has 0 aliphatic heterocycles. The summed E-state index contributed by atoms with van der Waals surface area (Å²) in [7, 11) is 0. The second-order valence-electron chi connectivity index (χ2n) is 5.31. The number of hydrogen-bond donors (Lipinski definition) is 1. The Morgan fingerprint density at radius 2 is 2.17 bits per heavy atom. The number of hydrogen-bond acceptors (Lipinski definition) is 5. The lowest BCUT2D eigenvalue weighted by atomic mass is 10.2. The Balaban J connectivity index is 1.99. The van der Waals surface area contributed by atoms with Crippen molar-refractivity contribution in [3.8, 4) is 5.69 Å². The van der Waals surface area contributed by atoms with Gasteiger partial charge in [0.15, 0.2) is 0 Å². The van der Waals surface area contributed by atoms with Crippen LogP contribution in [0, 0.1) is 13.8 Å². The molecule has 8 heteroatoms. The van der Waals surface area contributed by atoms with Gasteiger partial charge in [0.05, 0.1) is 11.3 Å². The molecule has 24 heavy (non-hydrogen) atoms. The van der Waals surface area contributed by atoms with Crippen molar-refractivity contribution in [2.75, 3.05) is 0 Å². The highest BCUT2D eigenvalue weighted by molar-refractivity contribution is 9.10. The molecule has 3 aromatic rings. The summed E-state index contributed by atoms with van der Waals surface area (Å²) in [5.41, 5.74) is 2.95. The first-order valence-corrected chi connectivity index (χ1v) is 9.05. The van der Waals surface area contributed by atoms with Gasteiger partial charge in [0, 0.05) is 16.4 Å². The number of aryl methyl sites for hydroxylation is 3. The molecule has 2 heterocycles. The molecule has 0 radical (unpaired) electrons. The van der Waals surface area contributed by atoms with Crippen molar-refractivity contribution in [3.05, 3.63) is 54.9 Å². The van der Waals surface area contributed by atoms with Crippen LogP contribution in [-0.4, -0.2) is 26.2 Å². The zero-order valence-electron chi connectivity index (χ0n) is 13.5. The molecule has 0 aliphatic carbocycles. The number of nitrogens with zero attached hydrogens (tertiary/aromatic N) is 4. The van der Waals surface area contributed by atoms with E-state index in [0.717, 1.165) is 32.8 Å². The third-order valence-electron chi connectivity index (χ3n) is 3.58. The van der Waals surface area contributed by atoms with E-state index < -0.39 is 0 Å². The Morgan fingerprint density at radius 3 is 2.83 bits per heavy atom. The quantitative estimate of drug-likeness (QED) is 0.672. The van der Waals surface area contributed by atoms with Gasteiger partial charge in [-0.3, -0.25) is 9.89 Å². The number of aromatic nitrogens is 4. The van der Waals surface area contributed by atoms with E-state index in [0.29, 0.717) is 10.7 Å². The van der Waals surface area contributed by atoms with Crippen molar-refractivity contribution in [2.24, 2.45) is 4.99 Å². The standard InChI is InChI=1S/C16H16BrN5OS/c1-4-14-19-20-16(24-14)18-8-12-10(3)21-22(15(12)23)13-6-5-11(17)7-9(13)2/h5-8,21H,4H2,1-3H3. The number of H-pyrrole nitrogens is 1. The average Bonchev–Trinajstić information content (AvgIpc) is 3.11. The zero-order valence-corrected chi connectivity index (χ0v) is 15.9. The first kappa shape index (κ1) is 16.8. The van der Waals surface area contributed by atoms with Crippen LogP contribution in [0.2, 0.25) is 0 Å². The number of aliphatic imine (C=N–C) groups is 1. The molecule has 0 unspecified atom stereocenters. The molecule has 124 valence electrons. The fraction of sp³-hybridized carbons (Fsp3) is 0.250. The van der Waals surface area contributed by atoms with Gasteiger partial charge >= 0.3 is 0 Å². The van der Waals surface area contributed by atoms with Gasteiger partial charge in [-0.25, -0.2) is 9.67 Å². The maximum Gasteiger partial charge on any atom is 0.280 e. The lowest BCUT2D eigenvalue weighted by Crippen LogP contribution is -2.18. The van der Waals surface area contributed by atoms with Crippen molar-refractivity contribution >= 4 is 38.6 Å². The fourth-order valence-corrected chi connectivity index (χ4v) is 3.41. The average molecular weight is 406 g/mol. The second-order valence-corrected chi connectivity index (χ2v) is 7.27. The molecule has 0 aliphatic rings. The van der Waals surface area contributed by atoms with Gasteiger partial charge in [-0.05, 0) is 44.0 Å². The van der Waals surface area contributed by atoms with Crippen LogP contribution in [-0.2, 0) is 6.42 Å². The number of benzene rings is 1. The fourth-order valence-electron chi connectivity index (χ4n) is 2.31. The van der Waals surface area contributed by atoms with E-state index in [1.54, 1.807) is 6.21 Å². The molecule has 0 saturated carbocycles.